The number of ether oxygens (including phenoxy) is 2. The van der Waals surface area contributed by atoms with Crippen molar-refractivity contribution in [1.29, 1.82) is 0 Å². The second-order valence-electron chi connectivity index (χ2n) is 4.81. The minimum absolute atomic E-state index is 0.223. The lowest BCUT2D eigenvalue weighted by Gasteiger charge is -2.27. The summed E-state index contributed by atoms with van der Waals surface area (Å²) in [6.45, 7) is 4.92. The van der Waals surface area contributed by atoms with Crippen molar-refractivity contribution in [2.45, 2.75) is 51.7 Å². The van der Waals surface area contributed by atoms with Crippen LogP contribution in [0.5, 0.6) is 0 Å². The highest BCUT2D eigenvalue weighted by Gasteiger charge is 2.22. The van der Waals surface area contributed by atoms with E-state index in [2.05, 4.69) is 12.2 Å². The second-order valence-corrected chi connectivity index (χ2v) is 4.81. The zero-order valence-corrected chi connectivity index (χ0v) is 11.2. The predicted octanol–water partition coefficient (Wildman–Crippen LogP) is 1.73. The first-order valence-electron chi connectivity index (χ1n) is 6.62. The summed E-state index contributed by atoms with van der Waals surface area (Å²) in [5, 5.41) is 2.94. The van der Waals surface area contributed by atoms with Gasteiger partial charge in [-0.1, -0.05) is 6.92 Å². The normalized spacial score (nSPS) is 26.5. The third-order valence-corrected chi connectivity index (χ3v) is 3.38. The number of carbonyl (C=O) groups excluding carboxylic acids is 1. The Morgan fingerprint density at radius 1 is 1.35 bits per heavy atom. The third kappa shape index (κ3) is 5.04. The number of nitrogens with one attached hydrogen (secondary N) is 1. The summed E-state index contributed by atoms with van der Waals surface area (Å²) in [5.41, 5.74) is 0. The van der Waals surface area contributed by atoms with E-state index in [0.29, 0.717) is 19.3 Å². The lowest BCUT2D eigenvalue weighted by molar-refractivity contribution is -0.148. The van der Waals surface area contributed by atoms with Crippen molar-refractivity contribution in [3.8, 4) is 0 Å². The molecule has 100 valence electrons. The molecule has 1 rings (SSSR count). The van der Waals surface area contributed by atoms with Crippen molar-refractivity contribution in [2.24, 2.45) is 5.92 Å². The summed E-state index contributed by atoms with van der Waals surface area (Å²) in [6.07, 6.45) is 5.00. The van der Waals surface area contributed by atoms with Crippen LogP contribution in [-0.2, 0) is 14.3 Å². The quantitative estimate of drug-likeness (QED) is 0.722. The first-order valence-corrected chi connectivity index (χ1v) is 6.62. The average molecular weight is 243 g/mol. The van der Waals surface area contributed by atoms with Gasteiger partial charge in [-0.25, -0.2) is 0 Å². The van der Waals surface area contributed by atoms with Gasteiger partial charge in [-0.3, -0.25) is 4.79 Å². The lowest BCUT2D eigenvalue weighted by Crippen LogP contribution is -2.41. The largest absolute Gasteiger partial charge is 0.465 e. The molecule has 1 saturated carbocycles. The van der Waals surface area contributed by atoms with Gasteiger partial charge >= 0.3 is 5.97 Å². The van der Waals surface area contributed by atoms with E-state index in [-0.39, 0.29) is 12.0 Å². The van der Waals surface area contributed by atoms with Crippen LogP contribution < -0.4 is 5.32 Å². The summed E-state index contributed by atoms with van der Waals surface area (Å²) in [7, 11) is 1.76. The molecule has 0 aromatic rings. The van der Waals surface area contributed by atoms with E-state index in [4.69, 9.17) is 9.47 Å². The molecule has 0 spiro atoms. The number of likely N-dealkylation sites (N-methyl/N-ethyl adjacent to an activating group) is 1. The van der Waals surface area contributed by atoms with Crippen molar-refractivity contribution < 1.29 is 14.3 Å². The van der Waals surface area contributed by atoms with Crippen molar-refractivity contribution in [3.05, 3.63) is 0 Å². The molecule has 0 heterocycles. The smallest absolute Gasteiger partial charge is 0.325 e. The van der Waals surface area contributed by atoms with Crippen molar-refractivity contribution >= 4 is 5.97 Å². The summed E-state index contributed by atoms with van der Waals surface area (Å²) in [6, 6.07) is -0.339. The Kier molecular flexibility index (Phi) is 6.52. The van der Waals surface area contributed by atoms with Crippen LogP contribution in [0.25, 0.3) is 0 Å². The Balaban J connectivity index is 2.25. The molecular formula is C13H25NO3. The minimum atomic E-state index is -0.339. The van der Waals surface area contributed by atoms with Crippen LogP contribution in [0.4, 0.5) is 0 Å². The van der Waals surface area contributed by atoms with Crippen LogP contribution in [0.1, 0.15) is 39.5 Å². The van der Waals surface area contributed by atoms with Gasteiger partial charge in [0.2, 0.25) is 0 Å². The average Bonchev–Trinajstić information content (AvgIpc) is 2.32. The minimum Gasteiger partial charge on any atom is -0.465 e. The Bertz CT molecular complexity index is 225. The summed E-state index contributed by atoms with van der Waals surface area (Å²) >= 11 is 0. The van der Waals surface area contributed by atoms with Gasteiger partial charge in [0.25, 0.3) is 0 Å². The number of carbonyl (C=O) groups is 1. The fourth-order valence-electron chi connectivity index (χ4n) is 2.14. The molecule has 1 unspecified atom stereocenters. The number of esters is 1. The monoisotopic (exact) mass is 243 g/mol. The fraction of sp³-hybridized carbons (Fsp3) is 0.923. The molecule has 0 aromatic carbocycles. The first-order chi connectivity index (χ1) is 8.17. The lowest BCUT2D eigenvalue weighted by atomic mass is 9.89. The second kappa shape index (κ2) is 7.67. The van der Waals surface area contributed by atoms with Crippen molar-refractivity contribution in [1.82, 2.24) is 5.32 Å². The zero-order chi connectivity index (χ0) is 12.7. The molecule has 0 aliphatic heterocycles. The molecule has 1 N–H and O–H groups in total. The van der Waals surface area contributed by atoms with E-state index in [1.165, 1.54) is 12.8 Å². The summed E-state index contributed by atoms with van der Waals surface area (Å²) < 4.78 is 10.8. The highest BCUT2D eigenvalue weighted by molar-refractivity contribution is 5.75. The van der Waals surface area contributed by atoms with E-state index in [0.717, 1.165) is 18.8 Å². The van der Waals surface area contributed by atoms with Crippen LogP contribution >= 0.6 is 0 Å². The van der Waals surface area contributed by atoms with Crippen molar-refractivity contribution in [2.75, 3.05) is 20.3 Å². The predicted molar refractivity (Wildman–Crippen MR) is 66.9 cm³/mol. The van der Waals surface area contributed by atoms with Crippen LogP contribution in [0, 0.1) is 5.92 Å². The van der Waals surface area contributed by atoms with Gasteiger partial charge in [-0.15, -0.1) is 0 Å². The standard InChI is InChI=1S/C13H25NO3/c1-4-16-13(15)12(14-3)9-17-11-7-5-10(2)6-8-11/h10-12,14H,4-9H2,1-3H3. The topological polar surface area (TPSA) is 47.6 Å². The SMILES string of the molecule is CCOC(=O)C(COC1CCC(C)CC1)NC. The summed E-state index contributed by atoms with van der Waals surface area (Å²) in [4.78, 5) is 11.5. The molecular weight excluding hydrogens is 218 g/mol. The number of rotatable bonds is 6. The van der Waals surface area contributed by atoms with E-state index in [1.54, 1.807) is 7.05 Å². The van der Waals surface area contributed by atoms with Gasteiger partial charge in [0, 0.05) is 0 Å². The molecule has 17 heavy (non-hydrogen) atoms. The molecule has 0 radical (unpaired) electrons. The Morgan fingerprint density at radius 3 is 2.53 bits per heavy atom. The Morgan fingerprint density at radius 2 is 2.00 bits per heavy atom. The molecule has 0 amide bonds. The first kappa shape index (κ1) is 14.5. The highest BCUT2D eigenvalue weighted by Crippen LogP contribution is 2.25. The van der Waals surface area contributed by atoms with E-state index < -0.39 is 0 Å². The number of hydrogen-bond donors (Lipinski definition) is 1. The molecule has 1 fully saturated rings. The van der Waals surface area contributed by atoms with Gasteiger partial charge in [-0.05, 0) is 45.6 Å². The van der Waals surface area contributed by atoms with Gasteiger partial charge in [0.15, 0.2) is 0 Å². The van der Waals surface area contributed by atoms with E-state index >= 15 is 0 Å². The zero-order valence-electron chi connectivity index (χ0n) is 11.2. The molecule has 0 aromatic heterocycles. The van der Waals surface area contributed by atoms with Crippen LogP contribution in [0.15, 0.2) is 0 Å². The van der Waals surface area contributed by atoms with Crippen molar-refractivity contribution in [3.63, 3.8) is 0 Å². The molecule has 1 atom stereocenters. The third-order valence-electron chi connectivity index (χ3n) is 3.38. The van der Waals surface area contributed by atoms with Gasteiger partial charge in [0.1, 0.15) is 6.04 Å². The van der Waals surface area contributed by atoms with Gasteiger partial charge < -0.3 is 14.8 Å². The number of hydrogen-bond acceptors (Lipinski definition) is 4. The van der Waals surface area contributed by atoms with E-state index in [1.807, 2.05) is 6.92 Å². The Labute approximate surface area is 104 Å². The molecule has 1 aliphatic rings. The highest BCUT2D eigenvalue weighted by atomic mass is 16.5. The van der Waals surface area contributed by atoms with Gasteiger partial charge in [0.05, 0.1) is 19.3 Å². The maximum atomic E-state index is 11.5. The maximum Gasteiger partial charge on any atom is 0.325 e. The summed E-state index contributed by atoms with van der Waals surface area (Å²) in [5.74, 6) is 0.596. The Hall–Kier alpha value is -0.610. The van der Waals surface area contributed by atoms with Gasteiger partial charge in [-0.2, -0.15) is 0 Å². The molecule has 4 heteroatoms. The molecule has 4 nitrogen and oxygen atoms in total. The maximum absolute atomic E-state index is 11.5. The van der Waals surface area contributed by atoms with Crippen LogP contribution in [-0.4, -0.2) is 38.4 Å². The molecule has 0 bridgehead atoms. The molecule has 1 aliphatic carbocycles. The van der Waals surface area contributed by atoms with Crippen LogP contribution in [0.3, 0.4) is 0 Å². The molecule has 0 saturated heterocycles. The van der Waals surface area contributed by atoms with E-state index in [9.17, 15) is 4.79 Å². The van der Waals surface area contributed by atoms with Crippen LogP contribution in [0.2, 0.25) is 0 Å². The fourth-order valence-corrected chi connectivity index (χ4v) is 2.14.